The van der Waals surface area contributed by atoms with Gasteiger partial charge in [-0.25, -0.2) is 0 Å². The summed E-state index contributed by atoms with van der Waals surface area (Å²) in [5.41, 5.74) is 0. The average Bonchev–Trinajstić information content (AvgIpc) is 2.01. The molecule has 1 atom stereocenters. The molecule has 84 valence electrons. The molecule has 0 spiro atoms. The molecule has 1 rings (SSSR count). The lowest BCUT2D eigenvalue weighted by Crippen LogP contribution is -2.43. The first-order chi connectivity index (χ1) is 6.77. The molecule has 1 fully saturated rings. The van der Waals surface area contributed by atoms with Gasteiger partial charge < -0.3 is 5.32 Å². The van der Waals surface area contributed by atoms with Gasteiger partial charge in [0.15, 0.2) is 0 Å². The normalized spacial score (nSPS) is 19.7. The summed E-state index contributed by atoms with van der Waals surface area (Å²) in [6.45, 7) is 6.96. The molecule has 1 aliphatic rings. The summed E-state index contributed by atoms with van der Waals surface area (Å²) in [5, 5.41) is 3.82. The lowest BCUT2D eigenvalue weighted by molar-refractivity contribution is 0.220. The molecular formula is C13H27N. The van der Waals surface area contributed by atoms with E-state index >= 15 is 0 Å². The van der Waals surface area contributed by atoms with Crippen molar-refractivity contribution < 1.29 is 0 Å². The Morgan fingerprint density at radius 3 is 2.07 bits per heavy atom. The third-order valence-electron chi connectivity index (χ3n) is 3.63. The third-order valence-corrected chi connectivity index (χ3v) is 3.63. The quantitative estimate of drug-likeness (QED) is 0.655. The Hall–Kier alpha value is -0.0400. The molecule has 0 aliphatic heterocycles. The standard InChI is InChI=1S/C13H27N/c1-4-7-13(8-5-2)14-11(3)12-9-6-10-12/h11-14H,4-10H2,1-3H3. The van der Waals surface area contributed by atoms with Crippen molar-refractivity contribution in [3.05, 3.63) is 0 Å². The Bertz CT molecular complexity index is 134. The van der Waals surface area contributed by atoms with Crippen LogP contribution < -0.4 is 5.32 Å². The minimum absolute atomic E-state index is 0.756. The maximum absolute atomic E-state index is 3.82. The van der Waals surface area contributed by atoms with Crippen molar-refractivity contribution in [2.45, 2.75) is 77.8 Å². The average molecular weight is 197 g/mol. The van der Waals surface area contributed by atoms with E-state index in [2.05, 4.69) is 26.1 Å². The van der Waals surface area contributed by atoms with Gasteiger partial charge >= 0.3 is 0 Å². The lowest BCUT2D eigenvalue weighted by Gasteiger charge is -2.34. The van der Waals surface area contributed by atoms with Crippen LogP contribution in [0.4, 0.5) is 0 Å². The van der Waals surface area contributed by atoms with Crippen LogP contribution >= 0.6 is 0 Å². The fourth-order valence-corrected chi connectivity index (χ4v) is 2.46. The SMILES string of the molecule is CCCC(CCC)NC(C)C1CCC1. The van der Waals surface area contributed by atoms with Gasteiger partial charge in [0, 0.05) is 12.1 Å². The topological polar surface area (TPSA) is 12.0 Å². The van der Waals surface area contributed by atoms with E-state index in [-0.39, 0.29) is 0 Å². The van der Waals surface area contributed by atoms with Gasteiger partial charge in [-0.2, -0.15) is 0 Å². The van der Waals surface area contributed by atoms with Crippen LogP contribution in [-0.4, -0.2) is 12.1 Å². The summed E-state index contributed by atoms with van der Waals surface area (Å²) in [4.78, 5) is 0. The highest BCUT2D eigenvalue weighted by molar-refractivity contribution is 4.82. The van der Waals surface area contributed by atoms with Crippen LogP contribution in [0, 0.1) is 5.92 Å². The molecule has 0 aromatic carbocycles. The van der Waals surface area contributed by atoms with Gasteiger partial charge in [0.2, 0.25) is 0 Å². The first-order valence-corrected chi connectivity index (χ1v) is 6.54. The molecule has 0 saturated heterocycles. The number of rotatable bonds is 7. The van der Waals surface area contributed by atoms with Gasteiger partial charge in [0.25, 0.3) is 0 Å². The van der Waals surface area contributed by atoms with Gasteiger partial charge in [0.1, 0.15) is 0 Å². The molecular weight excluding hydrogens is 170 g/mol. The molecule has 14 heavy (non-hydrogen) atoms. The molecule has 1 N–H and O–H groups in total. The van der Waals surface area contributed by atoms with Crippen molar-refractivity contribution in [3.8, 4) is 0 Å². The van der Waals surface area contributed by atoms with E-state index in [0.717, 1.165) is 18.0 Å². The Labute approximate surface area is 89.7 Å². The van der Waals surface area contributed by atoms with Crippen LogP contribution in [-0.2, 0) is 0 Å². The summed E-state index contributed by atoms with van der Waals surface area (Å²) in [6.07, 6.45) is 9.71. The monoisotopic (exact) mass is 197 g/mol. The molecule has 1 heteroatoms. The van der Waals surface area contributed by atoms with Gasteiger partial charge in [-0.05, 0) is 38.5 Å². The predicted octanol–water partition coefficient (Wildman–Crippen LogP) is 3.73. The van der Waals surface area contributed by atoms with Gasteiger partial charge in [-0.15, -0.1) is 0 Å². The number of hydrogen-bond donors (Lipinski definition) is 1. The van der Waals surface area contributed by atoms with E-state index in [1.54, 1.807) is 0 Å². The van der Waals surface area contributed by atoms with E-state index in [4.69, 9.17) is 0 Å². The fraction of sp³-hybridized carbons (Fsp3) is 1.00. The van der Waals surface area contributed by atoms with E-state index < -0.39 is 0 Å². The van der Waals surface area contributed by atoms with Gasteiger partial charge in [0.05, 0.1) is 0 Å². The molecule has 0 amide bonds. The van der Waals surface area contributed by atoms with Gasteiger partial charge in [-0.1, -0.05) is 33.1 Å². The third kappa shape index (κ3) is 3.61. The Morgan fingerprint density at radius 2 is 1.71 bits per heavy atom. The second-order valence-electron chi connectivity index (χ2n) is 4.92. The molecule has 0 aromatic heterocycles. The van der Waals surface area contributed by atoms with Crippen molar-refractivity contribution in [1.82, 2.24) is 5.32 Å². The smallest absolute Gasteiger partial charge is 0.00695 e. The molecule has 0 aromatic rings. The fourth-order valence-electron chi connectivity index (χ4n) is 2.46. The van der Waals surface area contributed by atoms with Crippen molar-refractivity contribution in [1.29, 1.82) is 0 Å². The Morgan fingerprint density at radius 1 is 1.14 bits per heavy atom. The molecule has 1 nitrogen and oxygen atoms in total. The maximum atomic E-state index is 3.82. The molecule has 1 aliphatic carbocycles. The Balaban J connectivity index is 2.21. The number of hydrogen-bond acceptors (Lipinski definition) is 1. The van der Waals surface area contributed by atoms with Crippen LogP contribution in [0.5, 0.6) is 0 Å². The molecule has 0 radical (unpaired) electrons. The van der Waals surface area contributed by atoms with E-state index in [0.29, 0.717) is 0 Å². The summed E-state index contributed by atoms with van der Waals surface area (Å²) >= 11 is 0. The molecule has 1 unspecified atom stereocenters. The number of nitrogens with one attached hydrogen (secondary N) is 1. The zero-order valence-electron chi connectivity index (χ0n) is 10.2. The van der Waals surface area contributed by atoms with Crippen LogP contribution in [0.25, 0.3) is 0 Å². The molecule has 0 heterocycles. The minimum Gasteiger partial charge on any atom is -0.311 e. The predicted molar refractivity (Wildman–Crippen MR) is 63.5 cm³/mol. The zero-order valence-corrected chi connectivity index (χ0v) is 10.2. The summed E-state index contributed by atoms with van der Waals surface area (Å²) in [7, 11) is 0. The Kier molecular flexibility index (Phi) is 5.54. The van der Waals surface area contributed by atoms with Crippen LogP contribution in [0.15, 0.2) is 0 Å². The highest BCUT2D eigenvalue weighted by Crippen LogP contribution is 2.29. The second kappa shape index (κ2) is 6.44. The summed E-state index contributed by atoms with van der Waals surface area (Å²) in [6, 6.07) is 1.53. The van der Waals surface area contributed by atoms with E-state index in [9.17, 15) is 0 Å². The first-order valence-electron chi connectivity index (χ1n) is 6.54. The highest BCUT2D eigenvalue weighted by atomic mass is 15.0. The minimum atomic E-state index is 0.756. The van der Waals surface area contributed by atoms with Crippen molar-refractivity contribution >= 4 is 0 Å². The first kappa shape index (κ1) is 12.0. The summed E-state index contributed by atoms with van der Waals surface area (Å²) < 4.78 is 0. The summed E-state index contributed by atoms with van der Waals surface area (Å²) in [5.74, 6) is 0.978. The van der Waals surface area contributed by atoms with Crippen LogP contribution in [0.3, 0.4) is 0 Å². The van der Waals surface area contributed by atoms with Crippen molar-refractivity contribution in [2.24, 2.45) is 5.92 Å². The highest BCUT2D eigenvalue weighted by Gasteiger charge is 2.24. The van der Waals surface area contributed by atoms with Gasteiger partial charge in [-0.3, -0.25) is 0 Å². The lowest BCUT2D eigenvalue weighted by atomic mass is 9.80. The van der Waals surface area contributed by atoms with E-state index in [1.807, 2.05) is 0 Å². The van der Waals surface area contributed by atoms with Crippen molar-refractivity contribution in [2.75, 3.05) is 0 Å². The van der Waals surface area contributed by atoms with Crippen LogP contribution in [0.1, 0.15) is 65.7 Å². The van der Waals surface area contributed by atoms with Crippen molar-refractivity contribution in [3.63, 3.8) is 0 Å². The molecule has 1 saturated carbocycles. The van der Waals surface area contributed by atoms with Crippen LogP contribution in [0.2, 0.25) is 0 Å². The largest absolute Gasteiger partial charge is 0.311 e. The van der Waals surface area contributed by atoms with E-state index in [1.165, 1.54) is 44.9 Å². The molecule has 0 bridgehead atoms. The zero-order chi connectivity index (χ0) is 10.4. The maximum Gasteiger partial charge on any atom is 0.00695 e. The second-order valence-corrected chi connectivity index (χ2v) is 4.92.